The summed E-state index contributed by atoms with van der Waals surface area (Å²) in [7, 11) is 1.79. The highest BCUT2D eigenvalue weighted by Gasteiger charge is 2.15. The third kappa shape index (κ3) is 8.54. The maximum absolute atomic E-state index is 5.72. The number of guanidine groups is 1. The Labute approximate surface area is 157 Å². The topological polar surface area (TPSA) is 64.1 Å². The predicted octanol–water partition coefficient (Wildman–Crippen LogP) is 2.37. The molecule has 0 radical (unpaired) electrons. The van der Waals surface area contributed by atoms with Crippen LogP contribution in [0.25, 0.3) is 0 Å². The molecule has 26 heavy (non-hydrogen) atoms. The quantitative estimate of drug-likeness (QED) is 0.359. The van der Waals surface area contributed by atoms with Crippen LogP contribution < -0.4 is 15.4 Å². The summed E-state index contributed by atoms with van der Waals surface area (Å²) in [4.78, 5) is 4.23. The fourth-order valence-corrected chi connectivity index (χ4v) is 2.67. The van der Waals surface area contributed by atoms with Gasteiger partial charge in [-0.2, -0.15) is 0 Å². The number of nitrogens with one attached hydrogen (secondary N) is 2. The van der Waals surface area contributed by atoms with Gasteiger partial charge in [-0.05, 0) is 38.3 Å². The Morgan fingerprint density at radius 3 is 2.54 bits per heavy atom. The van der Waals surface area contributed by atoms with Gasteiger partial charge in [0.05, 0.1) is 19.8 Å². The van der Waals surface area contributed by atoms with E-state index in [1.807, 2.05) is 12.1 Å². The van der Waals surface area contributed by atoms with E-state index in [4.69, 9.17) is 14.2 Å². The number of aryl methyl sites for hydroxylation is 1. The van der Waals surface area contributed by atoms with Gasteiger partial charge in [0.15, 0.2) is 5.96 Å². The number of nitrogens with zero attached hydrogens (tertiary/aromatic N) is 1. The minimum Gasteiger partial charge on any atom is -0.494 e. The van der Waals surface area contributed by atoms with Gasteiger partial charge in [-0.25, -0.2) is 0 Å². The summed E-state index contributed by atoms with van der Waals surface area (Å²) in [6.45, 7) is 7.74. The van der Waals surface area contributed by atoms with E-state index in [1.165, 1.54) is 5.56 Å². The number of aliphatic imine (C=N–C) groups is 1. The van der Waals surface area contributed by atoms with E-state index in [2.05, 4.69) is 34.7 Å². The standard InChI is InChI=1S/C20H33N3O3/c1-17-5-7-19(8-6-17)26-13-4-11-23-20(21-2)22-10-3-12-24-15-18-9-14-25-16-18/h5-8,18H,3-4,9-16H2,1-2H3,(H2,21,22,23). The number of hydrogen-bond donors (Lipinski definition) is 2. The second-order valence-electron chi connectivity index (χ2n) is 6.60. The smallest absolute Gasteiger partial charge is 0.190 e. The molecule has 0 aliphatic carbocycles. The van der Waals surface area contributed by atoms with Crippen molar-refractivity contribution in [1.29, 1.82) is 0 Å². The first-order valence-electron chi connectivity index (χ1n) is 9.57. The van der Waals surface area contributed by atoms with Gasteiger partial charge in [0, 0.05) is 39.3 Å². The van der Waals surface area contributed by atoms with Gasteiger partial charge < -0.3 is 24.8 Å². The second kappa shape index (κ2) is 12.5. The molecule has 2 rings (SSSR count). The molecule has 0 aromatic heterocycles. The zero-order valence-corrected chi connectivity index (χ0v) is 16.1. The van der Waals surface area contributed by atoms with Crippen LogP contribution in [-0.4, -0.2) is 59.1 Å². The molecule has 146 valence electrons. The first-order chi connectivity index (χ1) is 12.8. The summed E-state index contributed by atoms with van der Waals surface area (Å²) in [5.74, 6) is 2.33. The highest BCUT2D eigenvalue weighted by Crippen LogP contribution is 2.12. The van der Waals surface area contributed by atoms with Gasteiger partial charge >= 0.3 is 0 Å². The Morgan fingerprint density at radius 2 is 1.88 bits per heavy atom. The molecule has 6 nitrogen and oxygen atoms in total. The van der Waals surface area contributed by atoms with Crippen molar-refractivity contribution in [2.45, 2.75) is 26.2 Å². The van der Waals surface area contributed by atoms with E-state index in [9.17, 15) is 0 Å². The summed E-state index contributed by atoms with van der Waals surface area (Å²) < 4.78 is 16.8. The number of ether oxygens (including phenoxy) is 3. The molecule has 1 atom stereocenters. The lowest BCUT2D eigenvalue weighted by Gasteiger charge is -2.13. The van der Waals surface area contributed by atoms with Gasteiger partial charge in [-0.15, -0.1) is 0 Å². The van der Waals surface area contributed by atoms with Crippen LogP contribution in [0, 0.1) is 12.8 Å². The Balaban J connectivity index is 1.43. The summed E-state index contributed by atoms with van der Waals surface area (Å²) in [6.07, 6.45) is 3.01. The van der Waals surface area contributed by atoms with E-state index in [0.29, 0.717) is 12.5 Å². The van der Waals surface area contributed by atoms with E-state index in [-0.39, 0.29) is 0 Å². The third-order valence-corrected chi connectivity index (χ3v) is 4.26. The number of benzene rings is 1. The van der Waals surface area contributed by atoms with Crippen LogP contribution in [0.2, 0.25) is 0 Å². The Morgan fingerprint density at radius 1 is 1.15 bits per heavy atom. The molecular weight excluding hydrogens is 330 g/mol. The van der Waals surface area contributed by atoms with Crippen molar-refractivity contribution in [3.8, 4) is 5.75 Å². The Bertz CT molecular complexity index is 514. The summed E-state index contributed by atoms with van der Waals surface area (Å²) >= 11 is 0. The van der Waals surface area contributed by atoms with Crippen LogP contribution in [0.4, 0.5) is 0 Å². The van der Waals surface area contributed by atoms with Crippen molar-refractivity contribution in [3.63, 3.8) is 0 Å². The van der Waals surface area contributed by atoms with Gasteiger partial charge in [-0.1, -0.05) is 17.7 Å². The van der Waals surface area contributed by atoms with Crippen LogP contribution in [0.5, 0.6) is 5.75 Å². The molecule has 1 aliphatic rings. The zero-order valence-electron chi connectivity index (χ0n) is 16.1. The number of rotatable bonds is 11. The molecule has 0 spiro atoms. The van der Waals surface area contributed by atoms with E-state index < -0.39 is 0 Å². The Kier molecular flexibility index (Phi) is 9.90. The molecule has 1 fully saturated rings. The monoisotopic (exact) mass is 363 g/mol. The third-order valence-electron chi connectivity index (χ3n) is 4.26. The van der Waals surface area contributed by atoms with Crippen molar-refractivity contribution in [3.05, 3.63) is 29.8 Å². The van der Waals surface area contributed by atoms with Crippen molar-refractivity contribution in [2.75, 3.05) is 53.2 Å². The average Bonchev–Trinajstić information content (AvgIpc) is 3.17. The summed E-state index contributed by atoms with van der Waals surface area (Å²) in [5.41, 5.74) is 1.24. The van der Waals surface area contributed by atoms with E-state index in [1.54, 1.807) is 7.05 Å². The van der Waals surface area contributed by atoms with Crippen molar-refractivity contribution < 1.29 is 14.2 Å². The molecule has 6 heteroatoms. The molecule has 0 bridgehead atoms. The number of hydrogen-bond acceptors (Lipinski definition) is 4. The summed E-state index contributed by atoms with van der Waals surface area (Å²) in [6, 6.07) is 8.13. The van der Waals surface area contributed by atoms with Gasteiger partial charge in [0.25, 0.3) is 0 Å². The minimum atomic E-state index is 0.583. The Hall–Kier alpha value is -1.79. The van der Waals surface area contributed by atoms with Crippen molar-refractivity contribution in [2.24, 2.45) is 10.9 Å². The van der Waals surface area contributed by atoms with Crippen molar-refractivity contribution in [1.82, 2.24) is 10.6 Å². The molecule has 2 N–H and O–H groups in total. The largest absolute Gasteiger partial charge is 0.494 e. The molecule has 0 amide bonds. The van der Waals surface area contributed by atoms with E-state index in [0.717, 1.165) is 70.5 Å². The maximum atomic E-state index is 5.72. The van der Waals surface area contributed by atoms with Gasteiger partial charge in [0.2, 0.25) is 0 Å². The average molecular weight is 364 g/mol. The fourth-order valence-electron chi connectivity index (χ4n) is 2.67. The lowest BCUT2D eigenvalue weighted by molar-refractivity contribution is 0.0888. The molecule has 1 aromatic rings. The normalized spacial score (nSPS) is 17.3. The second-order valence-corrected chi connectivity index (χ2v) is 6.60. The van der Waals surface area contributed by atoms with Crippen LogP contribution in [0.3, 0.4) is 0 Å². The molecule has 1 heterocycles. The molecule has 1 aromatic carbocycles. The SMILES string of the molecule is CN=C(NCCCOCC1CCOC1)NCCCOc1ccc(C)cc1. The van der Waals surface area contributed by atoms with Crippen LogP contribution >= 0.6 is 0 Å². The first-order valence-corrected chi connectivity index (χ1v) is 9.57. The zero-order chi connectivity index (χ0) is 18.5. The van der Waals surface area contributed by atoms with Crippen LogP contribution in [0.15, 0.2) is 29.3 Å². The molecule has 0 saturated carbocycles. The van der Waals surface area contributed by atoms with E-state index >= 15 is 0 Å². The predicted molar refractivity (Wildman–Crippen MR) is 105 cm³/mol. The molecular formula is C20H33N3O3. The van der Waals surface area contributed by atoms with Gasteiger partial charge in [-0.3, -0.25) is 4.99 Å². The van der Waals surface area contributed by atoms with Gasteiger partial charge in [0.1, 0.15) is 5.75 Å². The molecule has 1 saturated heterocycles. The highest BCUT2D eigenvalue weighted by atomic mass is 16.5. The highest BCUT2D eigenvalue weighted by molar-refractivity contribution is 5.79. The molecule has 1 unspecified atom stereocenters. The molecule has 1 aliphatic heterocycles. The summed E-state index contributed by atoms with van der Waals surface area (Å²) in [5, 5.41) is 6.61. The van der Waals surface area contributed by atoms with Crippen LogP contribution in [-0.2, 0) is 9.47 Å². The lowest BCUT2D eigenvalue weighted by Crippen LogP contribution is -2.38. The minimum absolute atomic E-state index is 0.583. The fraction of sp³-hybridized carbons (Fsp3) is 0.650. The first kappa shape index (κ1) is 20.5. The van der Waals surface area contributed by atoms with Crippen LogP contribution in [0.1, 0.15) is 24.8 Å². The maximum Gasteiger partial charge on any atom is 0.190 e. The van der Waals surface area contributed by atoms with Crippen molar-refractivity contribution >= 4 is 5.96 Å². The lowest BCUT2D eigenvalue weighted by atomic mass is 10.1.